The average molecular weight is 306 g/mol. The van der Waals surface area contributed by atoms with Crippen molar-refractivity contribution >= 4 is 11.8 Å². The third-order valence-corrected chi connectivity index (χ3v) is 5.55. The first-order valence-corrected chi connectivity index (χ1v) is 8.90. The molecule has 2 fully saturated rings. The third-order valence-electron chi connectivity index (χ3n) is 4.04. The lowest BCUT2D eigenvalue weighted by Gasteiger charge is -2.33. The second kappa shape index (κ2) is 9.35. The molecular formula is C18H26O2S. The van der Waals surface area contributed by atoms with E-state index >= 15 is 0 Å². The van der Waals surface area contributed by atoms with Crippen molar-refractivity contribution in [3.05, 3.63) is 36.8 Å². The smallest absolute Gasteiger partial charge is 0.0734 e. The topological polar surface area (TPSA) is 18.5 Å². The Hall–Kier alpha value is -0.690. The van der Waals surface area contributed by atoms with Gasteiger partial charge in [-0.1, -0.05) is 13.2 Å². The standard InChI is InChI=1S/C18H26O2S/c1-3-9-17(15-11-5-7-13-19-15)21-18(10-4-2)16-12-6-8-14-20-16/h9-10,15-18H,1-2,5-8,11-14H2. The Kier molecular flexibility index (Phi) is 7.43. The summed E-state index contributed by atoms with van der Waals surface area (Å²) < 4.78 is 11.9. The highest BCUT2D eigenvalue weighted by Crippen LogP contribution is 2.33. The molecule has 4 unspecified atom stereocenters. The van der Waals surface area contributed by atoms with Crippen molar-refractivity contribution in [2.24, 2.45) is 0 Å². The molecular weight excluding hydrogens is 280 g/mol. The van der Waals surface area contributed by atoms with Crippen LogP contribution in [-0.2, 0) is 9.47 Å². The molecule has 2 nitrogen and oxygen atoms in total. The van der Waals surface area contributed by atoms with Crippen molar-refractivity contribution in [1.29, 1.82) is 0 Å². The quantitative estimate of drug-likeness (QED) is 0.683. The van der Waals surface area contributed by atoms with Crippen molar-refractivity contribution in [2.75, 3.05) is 13.2 Å². The van der Waals surface area contributed by atoms with Crippen LogP contribution in [0.3, 0.4) is 0 Å². The average Bonchev–Trinajstić information content (AvgIpc) is 2.55. The summed E-state index contributed by atoms with van der Waals surface area (Å²) in [4.78, 5) is 0. The highest BCUT2D eigenvalue weighted by Gasteiger charge is 2.30. The minimum atomic E-state index is 0.266. The van der Waals surface area contributed by atoms with Gasteiger partial charge in [0, 0.05) is 13.2 Å². The summed E-state index contributed by atoms with van der Waals surface area (Å²) >= 11 is 1.89. The number of hydrogen-bond donors (Lipinski definition) is 0. The van der Waals surface area contributed by atoms with Crippen LogP contribution in [0.4, 0.5) is 0 Å². The molecule has 0 aromatic heterocycles. The summed E-state index contributed by atoms with van der Waals surface area (Å²) in [5, 5.41) is 0.561. The van der Waals surface area contributed by atoms with E-state index < -0.39 is 0 Å². The van der Waals surface area contributed by atoms with E-state index in [1.165, 1.54) is 25.7 Å². The van der Waals surface area contributed by atoms with Gasteiger partial charge in [-0.25, -0.2) is 0 Å². The molecule has 0 aliphatic carbocycles. The lowest BCUT2D eigenvalue weighted by molar-refractivity contribution is 0.0172. The van der Waals surface area contributed by atoms with E-state index in [2.05, 4.69) is 24.6 Å². The van der Waals surface area contributed by atoms with Crippen LogP contribution >= 0.6 is 11.8 Å². The largest absolute Gasteiger partial charge is 0.377 e. The Balaban J connectivity index is 2.03. The maximum absolute atomic E-state index is 5.95. The molecule has 21 heavy (non-hydrogen) atoms. The normalized spacial score (nSPS) is 28.8. The second-order valence-corrected chi connectivity index (χ2v) is 6.98. The molecule has 0 amide bonds. The monoisotopic (exact) mass is 306 g/mol. The van der Waals surface area contributed by atoms with Gasteiger partial charge >= 0.3 is 0 Å². The SMILES string of the molecule is C=C=CC(SC(C=C=C)C1CCCCO1)C1CCCCO1. The molecule has 0 aromatic carbocycles. The van der Waals surface area contributed by atoms with E-state index in [9.17, 15) is 0 Å². The van der Waals surface area contributed by atoms with Crippen LogP contribution in [0.15, 0.2) is 36.8 Å². The zero-order valence-electron chi connectivity index (χ0n) is 12.8. The molecule has 0 spiro atoms. The number of hydrogen-bond acceptors (Lipinski definition) is 3. The Bertz CT molecular complexity index is 357. The fraction of sp³-hybridized carbons (Fsp3) is 0.667. The highest BCUT2D eigenvalue weighted by molar-refractivity contribution is 8.00. The lowest BCUT2D eigenvalue weighted by atomic mass is 10.1. The molecule has 4 atom stereocenters. The molecule has 0 bridgehead atoms. The Morgan fingerprint density at radius 3 is 1.67 bits per heavy atom. The van der Waals surface area contributed by atoms with Gasteiger partial charge in [0.15, 0.2) is 0 Å². The summed E-state index contributed by atoms with van der Waals surface area (Å²) in [6.07, 6.45) is 11.7. The maximum Gasteiger partial charge on any atom is 0.0734 e. The van der Waals surface area contributed by atoms with Crippen LogP contribution in [0.1, 0.15) is 38.5 Å². The summed E-state index contributed by atoms with van der Waals surface area (Å²) in [6, 6.07) is 0. The van der Waals surface area contributed by atoms with Crippen LogP contribution in [0, 0.1) is 0 Å². The van der Waals surface area contributed by atoms with Gasteiger partial charge < -0.3 is 9.47 Å². The van der Waals surface area contributed by atoms with Crippen molar-refractivity contribution in [2.45, 2.75) is 61.2 Å². The fourth-order valence-corrected chi connectivity index (χ4v) is 4.42. The molecule has 116 valence electrons. The lowest BCUT2D eigenvalue weighted by Crippen LogP contribution is -2.34. The van der Waals surface area contributed by atoms with Gasteiger partial charge in [0.2, 0.25) is 0 Å². The Morgan fingerprint density at radius 2 is 1.33 bits per heavy atom. The van der Waals surface area contributed by atoms with E-state index in [-0.39, 0.29) is 22.7 Å². The van der Waals surface area contributed by atoms with Crippen LogP contribution in [0.25, 0.3) is 0 Å². The molecule has 0 aromatic rings. The summed E-state index contributed by atoms with van der Waals surface area (Å²) in [6.45, 7) is 9.22. The summed E-state index contributed by atoms with van der Waals surface area (Å²) in [5.74, 6) is 0. The van der Waals surface area contributed by atoms with E-state index in [0.29, 0.717) is 0 Å². The molecule has 2 saturated heterocycles. The molecule has 2 heterocycles. The molecule has 0 saturated carbocycles. The summed E-state index contributed by atoms with van der Waals surface area (Å²) in [7, 11) is 0. The van der Waals surface area contributed by atoms with Gasteiger partial charge in [-0.05, 0) is 50.7 Å². The molecule has 2 rings (SSSR count). The summed E-state index contributed by atoms with van der Waals surface area (Å²) in [5.41, 5.74) is 5.90. The van der Waals surface area contributed by atoms with Crippen molar-refractivity contribution in [3.8, 4) is 0 Å². The van der Waals surface area contributed by atoms with Crippen molar-refractivity contribution in [3.63, 3.8) is 0 Å². The molecule has 3 heteroatoms. The van der Waals surface area contributed by atoms with Gasteiger partial charge in [0.25, 0.3) is 0 Å². The van der Waals surface area contributed by atoms with Crippen LogP contribution in [0.5, 0.6) is 0 Å². The Labute approximate surface area is 133 Å². The minimum absolute atomic E-state index is 0.266. The fourth-order valence-electron chi connectivity index (χ4n) is 2.93. The molecule has 2 aliphatic heterocycles. The zero-order chi connectivity index (χ0) is 14.9. The van der Waals surface area contributed by atoms with Gasteiger partial charge in [0.05, 0.1) is 22.7 Å². The zero-order valence-corrected chi connectivity index (χ0v) is 13.6. The van der Waals surface area contributed by atoms with Gasteiger partial charge in [-0.3, -0.25) is 0 Å². The van der Waals surface area contributed by atoms with E-state index in [4.69, 9.17) is 9.47 Å². The first-order valence-electron chi connectivity index (χ1n) is 7.95. The van der Waals surface area contributed by atoms with Crippen LogP contribution in [-0.4, -0.2) is 35.9 Å². The van der Waals surface area contributed by atoms with E-state index in [0.717, 1.165) is 26.1 Å². The molecule has 0 radical (unpaired) electrons. The first-order chi connectivity index (χ1) is 10.3. The number of thioether (sulfide) groups is 1. The van der Waals surface area contributed by atoms with Gasteiger partial charge in [0.1, 0.15) is 0 Å². The predicted octanol–water partition coefficient (Wildman–Crippen LogP) is 4.28. The third kappa shape index (κ3) is 5.21. The minimum Gasteiger partial charge on any atom is -0.377 e. The second-order valence-electron chi connectivity index (χ2n) is 5.62. The predicted molar refractivity (Wildman–Crippen MR) is 89.8 cm³/mol. The van der Waals surface area contributed by atoms with Crippen LogP contribution < -0.4 is 0 Å². The van der Waals surface area contributed by atoms with Gasteiger partial charge in [-0.15, -0.1) is 23.2 Å². The molecule has 2 aliphatic rings. The Morgan fingerprint density at radius 1 is 0.857 bits per heavy atom. The van der Waals surface area contributed by atoms with Crippen molar-refractivity contribution < 1.29 is 9.47 Å². The highest BCUT2D eigenvalue weighted by atomic mass is 32.2. The van der Waals surface area contributed by atoms with E-state index in [1.54, 1.807) is 0 Å². The van der Waals surface area contributed by atoms with Gasteiger partial charge in [-0.2, -0.15) is 0 Å². The molecule has 0 N–H and O–H groups in total. The first kappa shape index (κ1) is 16.7. The number of ether oxygens (including phenoxy) is 2. The van der Waals surface area contributed by atoms with Crippen molar-refractivity contribution in [1.82, 2.24) is 0 Å². The van der Waals surface area contributed by atoms with Crippen LogP contribution in [0.2, 0.25) is 0 Å². The number of rotatable bonds is 6. The van der Waals surface area contributed by atoms with E-state index in [1.807, 2.05) is 23.9 Å². The maximum atomic E-state index is 5.95.